The van der Waals surface area contributed by atoms with Gasteiger partial charge in [0.05, 0.1) is 11.4 Å². The first-order valence-corrected chi connectivity index (χ1v) is 10.6. The number of nitrogens with zero attached hydrogens (tertiary/aromatic N) is 1. The Hall–Kier alpha value is -2.89. The van der Waals surface area contributed by atoms with Gasteiger partial charge >= 0.3 is 12.1 Å². The number of aryl methyl sites for hydroxylation is 1. The van der Waals surface area contributed by atoms with Gasteiger partial charge in [-0.3, -0.25) is 4.79 Å². The lowest BCUT2D eigenvalue weighted by atomic mass is 10.0. The van der Waals surface area contributed by atoms with E-state index in [4.69, 9.17) is 0 Å². The van der Waals surface area contributed by atoms with E-state index in [1.807, 2.05) is 0 Å². The van der Waals surface area contributed by atoms with Gasteiger partial charge in [0.2, 0.25) is 15.7 Å². The zero-order valence-corrected chi connectivity index (χ0v) is 16.6. The summed E-state index contributed by atoms with van der Waals surface area (Å²) in [5.74, 6) is -4.35. The number of carbonyl (C=O) groups excluding carboxylic acids is 1. The van der Waals surface area contributed by atoms with Crippen molar-refractivity contribution in [3.63, 3.8) is 0 Å². The van der Waals surface area contributed by atoms with Crippen LogP contribution in [0.5, 0.6) is 5.75 Å². The van der Waals surface area contributed by atoms with E-state index < -0.39 is 32.8 Å². The monoisotopic (exact) mass is 464 g/mol. The maximum Gasteiger partial charge on any atom is 0.573 e. The summed E-state index contributed by atoms with van der Waals surface area (Å²) < 4.78 is 89.1. The molecule has 12 heteroatoms. The first-order chi connectivity index (χ1) is 14.5. The molecule has 1 amide bonds. The van der Waals surface area contributed by atoms with Crippen LogP contribution in [0.2, 0.25) is 0 Å². The Labute approximate surface area is 174 Å². The second-order valence-electron chi connectivity index (χ2n) is 6.74. The average molecular weight is 464 g/mol. The van der Waals surface area contributed by atoms with Crippen molar-refractivity contribution in [3.05, 3.63) is 48.0 Å². The molecule has 2 aromatic rings. The quantitative estimate of drug-likeness (QED) is 0.655. The molecular weight excluding hydrogens is 447 g/mol. The zero-order valence-electron chi connectivity index (χ0n) is 15.8. The third-order valence-corrected chi connectivity index (χ3v) is 5.93. The molecule has 0 aliphatic carbocycles. The lowest BCUT2D eigenvalue weighted by molar-refractivity contribution is -0.274. The number of hydrogen-bond acceptors (Lipinski definition) is 5. The largest absolute Gasteiger partial charge is 0.573 e. The van der Waals surface area contributed by atoms with Crippen molar-refractivity contribution in [2.75, 3.05) is 23.3 Å². The van der Waals surface area contributed by atoms with Crippen molar-refractivity contribution in [2.45, 2.75) is 29.9 Å². The smallest absolute Gasteiger partial charge is 0.406 e. The van der Waals surface area contributed by atoms with Crippen LogP contribution >= 0.6 is 0 Å². The summed E-state index contributed by atoms with van der Waals surface area (Å²) in [7, 11) is -4.73. The Morgan fingerprint density at radius 1 is 1.13 bits per heavy atom. The lowest BCUT2D eigenvalue weighted by Crippen LogP contribution is -2.36. The number of amides is 1. The number of rotatable bonds is 6. The summed E-state index contributed by atoms with van der Waals surface area (Å²) in [6.45, 7) is 0.398. The Morgan fingerprint density at radius 2 is 1.81 bits per heavy atom. The molecule has 3 rings (SSSR count). The van der Waals surface area contributed by atoms with E-state index in [1.54, 1.807) is 4.90 Å². The maximum atomic E-state index is 12.6. The minimum absolute atomic E-state index is 0.108. The predicted octanol–water partition coefficient (Wildman–Crippen LogP) is 3.97. The molecular formula is C19H17F5N2O4S. The fourth-order valence-corrected chi connectivity index (χ4v) is 3.94. The van der Waals surface area contributed by atoms with Crippen LogP contribution in [0.3, 0.4) is 0 Å². The summed E-state index contributed by atoms with van der Waals surface area (Å²) >= 11 is 0. The normalized spacial score (nSPS) is 14.3. The average Bonchev–Trinajstić information content (AvgIpc) is 2.67. The zero-order chi connectivity index (χ0) is 22.8. The molecule has 0 fully saturated rings. The molecule has 0 saturated carbocycles. The number of alkyl halides is 5. The first-order valence-electron chi connectivity index (χ1n) is 9.01. The lowest BCUT2D eigenvalue weighted by Gasteiger charge is -2.31. The first kappa shape index (κ1) is 22.8. The van der Waals surface area contributed by atoms with Gasteiger partial charge in [-0.05, 0) is 60.9 Å². The highest BCUT2D eigenvalue weighted by molar-refractivity contribution is 7.91. The van der Waals surface area contributed by atoms with Gasteiger partial charge < -0.3 is 15.0 Å². The molecule has 0 bridgehead atoms. The van der Waals surface area contributed by atoms with Gasteiger partial charge in [-0.2, -0.15) is 8.78 Å². The highest BCUT2D eigenvalue weighted by Crippen LogP contribution is 2.32. The molecule has 2 aromatic carbocycles. The number of halogens is 5. The van der Waals surface area contributed by atoms with E-state index in [0.29, 0.717) is 30.6 Å². The van der Waals surface area contributed by atoms with Gasteiger partial charge in [0, 0.05) is 17.9 Å². The van der Waals surface area contributed by atoms with Gasteiger partial charge in [-0.25, -0.2) is 8.42 Å². The van der Waals surface area contributed by atoms with E-state index in [2.05, 4.69) is 10.1 Å². The number of fused-ring (bicyclic) bond motifs is 1. The summed E-state index contributed by atoms with van der Waals surface area (Å²) in [5.41, 5.74) is 1.43. The van der Waals surface area contributed by atoms with Crippen LogP contribution in [-0.4, -0.2) is 39.5 Å². The van der Waals surface area contributed by atoms with Crippen molar-refractivity contribution >= 4 is 27.1 Å². The molecule has 1 N–H and O–H groups in total. The van der Waals surface area contributed by atoms with Crippen LogP contribution in [0, 0.1) is 0 Å². The van der Waals surface area contributed by atoms with E-state index in [9.17, 15) is 35.2 Å². The predicted molar refractivity (Wildman–Crippen MR) is 102 cm³/mol. The SMILES string of the molecule is O=C(CN1CCCc2cc(OC(F)(F)F)ccc21)Nc1ccc(S(=O)(=O)C(F)F)cc1. The van der Waals surface area contributed by atoms with Crippen molar-refractivity contribution in [1.29, 1.82) is 0 Å². The van der Waals surface area contributed by atoms with Crippen LogP contribution in [0.25, 0.3) is 0 Å². The standard InChI is InChI=1S/C19H17F5N2O4S/c20-18(21)31(28,29)15-6-3-13(4-7-15)25-17(27)11-26-9-1-2-12-10-14(5-8-16(12)26)30-19(22,23)24/h3-8,10,18H,1-2,9,11H2,(H,25,27). The van der Waals surface area contributed by atoms with Gasteiger partial charge in [0.1, 0.15) is 5.75 Å². The number of anilines is 2. The molecule has 31 heavy (non-hydrogen) atoms. The minimum Gasteiger partial charge on any atom is -0.406 e. The highest BCUT2D eigenvalue weighted by Gasteiger charge is 2.32. The molecule has 0 unspecified atom stereocenters. The van der Waals surface area contributed by atoms with Crippen LogP contribution < -0.4 is 15.0 Å². The minimum atomic E-state index is -4.80. The molecule has 0 atom stereocenters. The number of nitrogens with one attached hydrogen (secondary N) is 1. The molecule has 0 radical (unpaired) electrons. The van der Waals surface area contributed by atoms with Crippen molar-refractivity contribution in [2.24, 2.45) is 0 Å². The third kappa shape index (κ3) is 5.63. The Balaban J connectivity index is 1.67. The van der Waals surface area contributed by atoms with Crippen LogP contribution in [-0.2, 0) is 21.1 Å². The van der Waals surface area contributed by atoms with Crippen LogP contribution in [0.1, 0.15) is 12.0 Å². The number of ether oxygens (including phenoxy) is 1. The summed E-state index contributed by atoms with van der Waals surface area (Å²) in [6.07, 6.45) is -3.65. The topological polar surface area (TPSA) is 75.7 Å². The number of benzene rings is 2. The van der Waals surface area contributed by atoms with Gasteiger partial charge in [0.25, 0.3) is 0 Å². The van der Waals surface area contributed by atoms with Gasteiger partial charge in [-0.1, -0.05) is 0 Å². The second kappa shape index (κ2) is 8.69. The van der Waals surface area contributed by atoms with E-state index in [0.717, 1.165) is 12.1 Å². The Morgan fingerprint density at radius 3 is 2.42 bits per heavy atom. The number of carbonyl (C=O) groups is 1. The molecule has 0 saturated heterocycles. The molecule has 0 spiro atoms. The molecule has 0 aromatic heterocycles. The summed E-state index contributed by atoms with van der Waals surface area (Å²) in [5, 5.41) is 2.53. The van der Waals surface area contributed by atoms with Crippen molar-refractivity contribution in [3.8, 4) is 5.75 Å². The van der Waals surface area contributed by atoms with E-state index in [1.165, 1.54) is 30.3 Å². The van der Waals surface area contributed by atoms with Gasteiger partial charge in [0.15, 0.2) is 0 Å². The summed E-state index contributed by atoms with van der Waals surface area (Å²) in [4.78, 5) is 13.5. The molecule has 1 aliphatic rings. The fraction of sp³-hybridized carbons (Fsp3) is 0.316. The third-order valence-electron chi connectivity index (χ3n) is 4.54. The fourth-order valence-electron chi connectivity index (χ4n) is 3.22. The summed E-state index contributed by atoms with van der Waals surface area (Å²) in [6, 6.07) is 8.23. The Kier molecular flexibility index (Phi) is 6.39. The molecule has 1 aliphatic heterocycles. The highest BCUT2D eigenvalue weighted by atomic mass is 32.2. The molecule has 168 valence electrons. The van der Waals surface area contributed by atoms with Crippen molar-refractivity contribution < 1.29 is 39.9 Å². The van der Waals surface area contributed by atoms with Crippen LogP contribution in [0.15, 0.2) is 47.4 Å². The van der Waals surface area contributed by atoms with E-state index >= 15 is 0 Å². The van der Waals surface area contributed by atoms with Crippen LogP contribution in [0.4, 0.5) is 33.3 Å². The maximum absolute atomic E-state index is 12.6. The number of sulfone groups is 1. The second-order valence-corrected chi connectivity index (χ2v) is 8.66. The Bertz CT molecular complexity index is 1060. The number of hydrogen-bond donors (Lipinski definition) is 1. The molecule has 1 heterocycles. The van der Waals surface area contributed by atoms with Crippen molar-refractivity contribution in [1.82, 2.24) is 0 Å². The van der Waals surface area contributed by atoms with E-state index in [-0.39, 0.29) is 18.0 Å². The molecule has 6 nitrogen and oxygen atoms in total. The van der Waals surface area contributed by atoms with Gasteiger partial charge in [-0.15, -0.1) is 13.2 Å².